The van der Waals surface area contributed by atoms with Gasteiger partial charge in [0.05, 0.1) is 13.7 Å². The zero-order valence-electron chi connectivity index (χ0n) is 8.24. The summed E-state index contributed by atoms with van der Waals surface area (Å²) in [6.45, 7) is 0.568. The van der Waals surface area contributed by atoms with Gasteiger partial charge in [0.15, 0.2) is 0 Å². The molecule has 1 aromatic rings. The number of ether oxygens (including phenoxy) is 2. The largest absolute Gasteiger partial charge is 0.453 e. The quantitative estimate of drug-likeness (QED) is 0.802. The van der Waals surface area contributed by atoms with Crippen molar-refractivity contribution in [3.05, 3.63) is 29.8 Å². The Balaban J connectivity index is 2.59. The number of amides is 1. The molecule has 0 bridgehead atoms. The van der Waals surface area contributed by atoms with Gasteiger partial charge in [-0.3, -0.25) is 5.32 Å². The fourth-order valence-corrected chi connectivity index (χ4v) is 1.02. The molecule has 0 aliphatic heterocycles. The molecule has 0 radical (unpaired) electrons. The fraction of sp³-hybridized carbons (Fsp3) is 0.300. The third-order valence-electron chi connectivity index (χ3n) is 1.70. The van der Waals surface area contributed by atoms with Gasteiger partial charge in [-0.05, 0) is 17.7 Å². The average Bonchev–Trinajstić information content (AvgIpc) is 2.21. The lowest BCUT2D eigenvalue weighted by Crippen LogP contribution is -2.10. The van der Waals surface area contributed by atoms with Crippen LogP contribution in [-0.4, -0.2) is 20.3 Å². The lowest BCUT2D eigenvalue weighted by atomic mass is 10.2. The lowest BCUT2D eigenvalue weighted by molar-refractivity contribution is 0.185. The normalized spacial score (nSPS) is 9.57. The van der Waals surface area contributed by atoms with Crippen LogP contribution in [0.5, 0.6) is 0 Å². The van der Waals surface area contributed by atoms with Crippen molar-refractivity contribution in [1.82, 2.24) is 0 Å². The summed E-state index contributed by atoms with van der Waals surface area (Å²) < 4.78 is 9.42. The summed E-state index contributed by atoms with van der Waals surface area (Å²) in [7, 11) is 2.97. The van der Waals surface area contributed by atoms with Crippen molar-refractivity contribution in [2.24, 2.45) is 0 Å². The molecular formula is C10H13NO3. The SMILES string of the molecule is COCc1ccc(NC(=O)OC)cc1. The molecule has 1 aromatic carbocycles. The Kier molecular flexibility index (Phi) is 3.94. The van der Waals surface area contributed by atoms with Gasteiger partial charge >= 0.3 is 6.09 Å². The van der Waals surface area contributed by atoms with Crippen molar-refractivity contribution in [3.8, 4) is 0 Å². The van der Waals surface area contributed by atoms with Gasteiger partial charge in [0, 0.05) is 12.8 Å². The van der Waals surface area contributed by atoms with E-state index in [-0.39, 0.29) is 0 Å². The maximum absolute atomic E-state index is 10.8. The number of nitrogens with one attached hydrogen (secondary N) is 1. The Bertz CT molecular complexity index is 295. The first kappa shape index (κ1) is 10.5. The van der Waals surface area contributed by atoms with Crippen LogP contribution in [0.3, 0.4) is 0 Å². The first-order valence-corrected chi connectivity index (χ1v) is 4.19. The van der Waals surface area contributed by atoms with Crippen molar-refractivity contribution in [2.45, 2.75) is 6.61 Å². The molecule has 0 aliphatic carbocycles. The minimum Gasteiger partial charge on any atom is -0.453 e. The fourth-order valence-electron chi connectivity index (χ4n) is 1.02. The lowest BCUT2D eigenvalue weighted by Gasteiger charge is -2.04. The number of hydrogen-bond donors (Lipinski definition) is 1. The molecule has 0 heterocycles. The van der Waals surface area contributed by atoms with Gasteiger partial charge in [-0.15, -0.1) is 0 Å². The number of hydrogen-bond acceptors (Lipinski definition) is 3. The predicted octanol–water partition coefficient (Wildman–Crippen LogP) is 2.01. The van der Waals surface area contributed by atoms with Crippen LogP contribution >= 0.6 is 0 Å². The van der Waals surface area contributed by atoms with Crippen LogP contribution in [0.4, 0.5) is 10.5 Å². The van der Waals surface area contributed by atoms with Gasteiger partial charge in [-0.1, -0.05) is 12.1 Å². The van der Waals surface area contributed by atoms with Crippen molar-refractivity contribution in [2.75, 3.05) is 19.5 Å². The summed E-state index contributed by atoms with van der Waals surface area (Å²) >= 11 is 0. The maximum Gasteiger partial charge on any atom is 0.411 e. The molecule has 0 atom stereocenters. The van der Waals surface area contributed by atoms with Crippen LogP contribution in [0.2, 0.25) is 0 Å². The van der Waals surface area contributed by atoms with Crippen LogP contribution in [0.15, 0.2) is 24.3 Å². The summed E-state index contributed by atoms with van der Waals surface area (Å²) in [5.41, 5.74) is 1.76. The molecule has 1 rings (SSSR count). The second-order valence-corrected chi connectivity index (χ2v) is 2.75. The van der Waals surface area contributed by atoms with E-state index in [0.717, 1.165) is 5.56 Å². The predicted molar refractivity (Wildman–Crippen MR) is 53.2 cm³/mol. The molecule has 0 aliphatic rings. The second-order valence-electron chi connectivity index (χ2n) is 2.75. The number of methoxy groups -OCH3 is 2. The highest BCUT2D eigenvalue weighted by Crippen LogP contribution is 2.10. The third-order valence-corrected chi connectivity index (χ3v) is 1.70. The molecule has 0 unspecified atom stereocenters. The summed E-state index contributed by atoms with van der Waals surface area (Å²) in [4.78, 5) is 10.8. The van der Waals surface area contributed by atoms with Crippen LogP contribution in [0, 0.1) is 0 Å². The Morgan fingerprint density at radius 2 is 1.93 bits per heavy atom. The van der Waals surface area contributed by atoms with Gasteiger partial charge in [0.1, 0.15) is 0 Å². The van der Waals surface area contributed by atoms with Crippen LogP contribution in [0.1, 0.15) is 5.56 Å². The van der Waals surface area contributed by atoms with E-state index in [1.165, 1.54) is 7.11 Å². The molecule has 76 valence electrons. The molecule has 14 heavy (non-hydrogen) atoms. The van der Waals surface area contributed by atoms with Crippen molar-refractivity contribution in [3.63, 3.8) is 0 Å². The number of rotatable bonds is 3. The van der Waals surface area contributed by atoms with Crippen molar-refractivity contribution >= 4 is 11.8 Å². The first-order chi connectivity index (χ1) is 6.76. The van der Waals surface area contributed by atoms with E-state index in [1.54, 1.807) is 19.2 Å². The molecular weight excluding hydrogens is 182 g/mol. The van der Waals surface area contributed by atoms with Crippen LogP contribution < -0.4 is 5.32 Å². The van der Waals surface area contributed by atoms with E-state index in [1.807, 2.05) is 12.1 Å². The zero-order chi connectivity index (χ0) is 10.4. The number of carbonyl (C=O) groups is 1. The van der Waals surface area contributed by atoms with Gasteiger partial charge < -0.3 is 9.47 Å². The third kappa shape index (κ3) is 3.06. The molecule has 0 fully saturated rings. The van der Waals surface area contributed by atoms with Gasteiger partial charge in [0.25, 0.3) is 0 Å². The van der Waals surface area contributed by atoms with Crippen LogP contribution in [-0.2, 0) is 16.1 Å². The Hall–Kier alpha value is -1.55. The molecule has 4 nitrogen and oxygen atoms in total. The van der Waals surface area contributed by atoms with Crippen molar-refractivity contribution < 1.29 is 14.3 Å². The number of benzene rings is 1. The van der Waals surface area contributed by atoms with E-state index in [2.05, 4.69) is 10.1 Å². The summed E-state index contributed by atoms with van der Waals surface area (Å²) in [5.74, 6) is 0. The maximum atomic E-state index is 10.8. The molecule has 0 aromatic heterocycles. The first-order valence-electron chi connectivity index (χ1n) is 4.19. The highest BCUT2D eigenvalue weighted by molar-refractivity contribution is 5.84. The van der Waals surface area contributed by atoms with Crippen LogP contribution in [0.25, 0.3) is 0 Å². The summed E-state index contributed by atoms with van der Waals surface area (Å²) in [6.07, 6.45) is -0.468. The standard InChI is InChI=1S/C10H13NO3/c1-13-7-8-3-5-9(6-4-8)11-10(12)14-2/h3-6H,7H2,1-2H3,(H,11,12). The molecule has 0 saturated heterocycles. The zero-order valence-corrected chi connectivity index (χ0v) is 8.24. The minimum absolute atomic E-state index is 0.468. The van der Waals surface area contributed by atoms with E-state index in [0.29, 0.717) is 12.3 Å². The van der Waals surface area contributed by atoms with E-state index in [4.69, 9.17) is 4.74 Å². The molecule has 1 amide bonds. The molecule has 0 saturated carbocycles. The van der Waals surface area contributed by atoms with Crippen molar-refractivity contribution in [1.29, 1.82) is 0 Å². The Morgan fingerprint density at radius 3 is 2.43 bits per heavy atom. The summed E-state index contributed by atoms with van der Waals surface area (Å²) in [6, 6.07) is 7.36. The Morgan fingerprint density at radius 1 is 1.29 bits per heavy atom. The van der Waals surface area contributed by atoms with E-state index < -0.39 is 6.09 Å². The molecule has 0 spiro atoms. The Labute approximate surface area is 82.8 Å². The molecule has 4 heteroatoms. The monoisotopic (exact) mass is 195 g/mol. The number of carbonyl (C=O) groups excluding carboxylic acids is 1. The smallest absolute Gasteiger partial charge is 0.411 e. The van der Waals surface area contributed by atoms with Gasteiger partial charge in [0.2, 0.25) is 0 Å². The highest BCUT2D eigenvalue weighted by atomic mass is 16.5. The summed E-state index contributed by atoms with van der Waals surface area (Å²) in [5, 5.41) is 2.56. The molecule has 1 N–H and O–H groups in total. The minimum atomic E-state index is -0.468. The second kappa shape index (κ2) is 5.24. The highest BCUT2D eigenvalue weighted by Gasteiger charge is 1.99. The van der Waals surface area contributed by atoms with Gasteiger partial charge in [-0.25, -0.2) is 4.79 Å². The van der Waals surface area contributed by atoms with Gasteiger partial charge in [-0.2, -0.15) is 0 Å². The number of anilines is 1. The average molecular weight is 195 g/mol. The van der Waals surface area contributed by atoms with E-state index >= 15 is 0 Å². The van der Waals surface area contributed by atoms with E-state index in [9.17, 15) is 4.79 Å². The topological polar surface area (TPSA) is 47.6 Å².